The Labute approximate surface area is 123 Å². The van der Waals surface area contributed by atoms with E-state index in [1.165, 1.54) is 6.21 Å². The quantitative estimate of drug-likeness (QED) is 0.454. The molecule has 0 bridgehead atoms. The highest BCUT2D eigenvalue weighted by Crippen LogP contribution is 2.14. The van der Waals surface area contributed by atoms with Gasteiger partial charge >= 0.3 is 11.9 Å². The molecule has 1 aromatic rings. The van der Waals surface area contributed by atoms with Crippen molar-refractivity contribution in [3.8, 4) is 6.07 Å². The van der Waals surface area contributed by atoms with E-state index < -0.39 is 17.9 Å². The van der Waals surface area contributed by atoms with E-state index >= 15 is 0 Å². The van der Waals surface area contributed by atoms with Gasteiger partial charge < -0.3 is 9.47 Å². The Bertz CT molecular complexity index is 557. The van der Waals surface area contributed by atoms with Gasteiger partial charge in [-0.25, -0.2) is 0 Å². The summed E-state index contributed by atoms with van der Waals surface area (Å²) in [6, 6.07) is 8.48. The van der Waals surface area contributed by atoms with Crippen molar-refractivity contribution in [3.63, 3.8) is 0 Å². The van der Waals surface area contributed by atoms with Crippen LogP contribution in [-0.4, -0.2) is 31.4 Å². The van der Waals surface area contributed by atoms with Crippen molar-refractivity contribution < 1.29 is 19.1 Å². The third-order valence-electron chi connectivity index (χ3n) is 2.43. The zero-order valence-electron chi connectivity index (χ0n) is 11.9. The van der Waals surface area contributed by atoms with Crippen LogP contribution in [0, 0.1) is 17.2 Å². The van der Waals surface area contributed by atoms with E-state index in [0.717, 1.165) is 0 Å². The van der Waals surface area contributed by atoms with Crippen LogP contribution in [0.3, 0.4) is 0 Å². The molecule has 0 saturated carbocycles. The Hall–Kier alpha value is -2.68. The maximum Gasteiger partial charge on any atom is 0.325 e. The van der Waals surface area contributed by atoms with Crippen molar-refractivity contribution in [1.29, 1.82) is 5.26 Å². The summed E-state index contributed by atoms with van der Waals surface area (Å²) in [4.78, 5) is 27.5. The molecule has 1 aromatic carbocycles. The van der Waals surface area contributed by atoms with Gasteiger partial charge in [0.05, 0.1) is 30.5 Å². The first-order valence-electron chi connectivity index (χ1n) is 6.50. The van der Waals surface area contributed by atoms with Crippen LogP contribution in [0.1, 0.15) is 19.4 Å². The molecular formula is C15H16N2O4. The van der Waals surface area contributed by atoms with Crippen LogP contribution in [0.25, 0.3) is 0 Å². The molecule has 1 rings (SSSR count). The summed E-state index contributed by atoms with van der Waals surface area (Å²) < 4.78 is 9.64. The van der Waals surface area contributed by atoms with E-state index in [2.05, 4.69) is 4.99 Å². The van der Waals surface area contributed by atoms with Gasteiger partial charge in [-0.1, -0.05) is 6.07 Å². The standard InChI is InChI=1S/C15H16N2O4/c1-3-20-14(18)13(15(19)21-4-2)10-17-12-7-5-6-11(8-12)9-16/h5-8,10,13H,3-4H2,1-2H3. The van der Waals surface area contributed by atoms with Gasteiger partial charge in [-0.3, -0.25) is 14.6 Å². The summed E-state index contributed by atoms with van der Waals surface area (Å²) in [6.45, 7) is 3.61. The smallest absolute Gasteiger partial charge is 0.325 e. The Kier molecular flexibility index (Phi) is 6.61. The van der Waals surface area contributed by atoms with Crippen LogP contribution in [0.15, 0.2) is 29.3 Å². The van der Waals surface area contributed by atoms with Crippen molar-refractivity contribution in [3.05, 3.63) is 29.8 Å². The number of hydrogen-bond acceptors (Lipinski definition) is 6. The summed E-state index contributed by atoms with van der Waals surface area (Å²) in [5.74, 6) is -2.64. The minimum Gasteiger partial charge on any atom is -0.465 e. The first-order chi connectivity index (χ1) is 10.1. The van der Waals surface area contributed by atoms with Crippen molar-refractivity contribution >= 4 is 23.8 Å². The second kappa shape index (κ2) is 8.48. The predicted molar refractivity (Wildman–Crippen MR) is 76.1 cm³/mol. The van der Waals surface area contributed by atoms with Gasteiger partial charge in [0.1, 0.15) is 0 Å². The van der Waals surface area contributed by atoms with E-state index in [-0.39, 0.29) is 13.2 Å². The van der Waals surface area contributed by atoms with Gasteiger partial charge in [-0.15, -0.1) is 0 Å². The molecule has 0 heterocycles. The lowest BCUT2D eigenvalue weighted by atomic mass is 10.1. The minimum atomic E-state index is -1.21. The number of rotatable bonds is 6. The van der Waals surface area contributed by atoms with Gasteiger partial charge in [-0.05, 0) is 32.0 Å². The number of hydrogen-bond donors (Lipinski definition) is 0. The van der Waals surface area contributed by atoms with Crippen molar-refractivity contribution in [1.82, 2.24) is 0 Å². The Morgan fingerprint density at radius 2 is 1.90 bits per heavy atom. The Morgan fingerprint density at radius 1 is 1.29 bits per heavy atom. The molecule has 0 radical (unpaired) electrons. The summed E-state index contributed by atoms with van der Waals surface area (Å²) in [7, 11) is 0. The van der Waals surface area contributed by atoms with E-state index in [1.54, 1.807) is 38.1 Å². The predicted octanol–water partition coefficient (Wildman–Crippen LogP) is 2.00. The average molecular weight is 288 g/mol. The fourth-order valence-corrected chi connectivity index (χ4v) is 1.50. The number of esters is 2. The zero-order chi connectivity index (χ0) is 15.7. The van der Waals surface area contributed by atoms with Crippen LogP contribution in [-0.2, 0) is 19.1 Å². The summed E-state index contributed by atoms with van der Waals surface area (Å²) in [5, 5.41) is 8.81. The number of ether oxygens (including phenoxy) is 2. The highest BCUT2D eigenvalue weighted by atomic mass is 16.6. The normalized spacial score (nSPS) is 10.4. The molecule has 0 amide bonds. The van der Waals surface area contributed by atoms with Crippen molar-refractivity contribution in [2.45, 2.75) is 13.8 Å². The molecule has 21 heavy (non-hydrogen) atoms. The number of aliphatic imine (C=N–C) groups is 1. The molecule has 0 atom stereocenters. The molecule has 110 valence electrons. The van der Waals surface area contributed by atoms with Crippen molar-refractivity contribution in [2.24, 2.45) is 10.9 Å². The van der Waals surface area contributed by atoms with Gasteiger partial charge in [0.2, 0.25) is 0 Å². The highest BCUT2D eigenvalue weighted by molar-refractivity contribution is 6.09. The zero-order valence-corrected chi connectivity index (χ0v) is 11.9. The van der Waals surface area contributed by atoms with Crippen LogP contribution >= 0.6 is 0 Å². The lowest BCUT2D eigenvalue weighted by Gasteiger charge is -2.09. The van der Waals surface area contributed by atoms with Crippen LogP contribution in [0.2, 0.25) is 0 Å². The molecule has 6 nitrogen and oxygen atoms in total. The van der Waals surface area contributed by atoms with Gasteiger partial charge in [0.15, 0.2) is 5.92 Å². The average Bonchev–Trinajstić information content (AvgIpc) is 2.48. The second-order valence-electron chi connectivity index (χ2n) is 3.92. The van der Waals surface area contributed by atoms with E-state index in [9.17, 15) is 9.59 Å². The largest absolute Gasteiger partial charge is 0.465 e. The van der Waals surface area contributed by atoms with E-state index in [0.29, 0.717) is 11.3 Å². The summed E-state index contributed by atoms with van der Waals surface area (Å²) >= 11 is 0. The topological polar surface area (TPSA) is 88.8 Å². The monoisotopic (exact) mass is 288 g/mol. The van der Waals surface area contributed by atoms with E-state index in [4.69, 9.17) is 14.7 Å². The lowest BCUT2D eigenvalue weighted by molar-refractivity contribution is -0.157. The molecule has 0 saturated heterocycles. The second-order valence-corrected chi connectivity index (χ2v) is 3.92. The number of carbonyl (C=O) groups excluding carboxylic acids is 2. The minimum absolute atomic E-state index is 0.159. The molecule has 0 aliphatic carbocycles. The maximum atomic E-state index is 11.7. The maximum absolute atomic E-state index is 11.7. The molecule has 0 aromatic heterocycles. The third kappa shape index (κ3) is 5.07. The molecule has 0 fully saturated rings. The fourth-order valence-electron chi connectivity index (χ4n) is 1.50. The molecule has 0 aliphatic heterocycles. The molecule has 0 aliphatic rings. The van der Waals surface area contributed by atoms with Crippen molar-refractivity contribution in [2.75, 3.05) is 13.2 Å². The molecular weight excluding hydrogens is 272 g/mol. The summed E-state index contributed by atoms with van der Waals surface area (Å²) in [6.07, 6.45) is 1.17. The SMILES string of the molecule is CCOC(=O)C(C=Nc1cccc(C#N)c1)C(=O)OCC. The molecule has 0 N–H and O–H groups in total. The number of carbonyl (C=O) groups is 2. The van der Waals surface area contributed by atoms with Gasteiger partial charge in [0, 0.05) is 6.21 Å². The first kappa shape index (κ1) is 16.4. The Morgan fingerprint density at radius 3 is 2.43 bits per heavy atom. The lowest BCUT2D eigenvalue weighted by Crippen LogP contribution is -2.29. The third-order valence-corrected chi connectivity index (χ3v) is 2.43. The number of nitrogens with zero attached hydrogens (tertiary/aromatic N) is 2. The van der Waals surface area contributed by atoms with Crippen LogP contribution < -0.4 is 0 Å². The fraction of sp³-hybridized carbons (Fsp3) is 0.333. The van der Waals surface area contributed by atoms with Crippen LogP contribution in [0.5, 0.6) is 0 Å². The number of benzene rings is 1. The van der Waals surface area contributed by atoms with Gasteiger partial charge in [0.25, 0.3) is 0 Å². The summed E-state index contributed by atoms with van der Waals surface area (Å²) in [5.41, 5.74) is 0.904. The Balaban J connectivity index is 2.93. The van der Waals surface area contributed by atoms with E-state index in [1.807, 2.05) is 6.07 Å². The van der Waals surface area contributed by atoms with Crippen LogP contribution in [0.4, 0.5) is 5.69 Å². The number of nitriles is 1. The van der Waals surface area contributed by atoms with Gasteiger partial charge in [-0.2, -0.15) is 5.26 Å². The molecule has 0 unspecified atom stereocenters. The highest BCUT2D eigenvalue weighted by Gasteiger charge is 2.27. The molecule has 0 spiro atoms. The molecule has 6 heteroatoms. The first-order valence-corrected chi connectivity index (χ1v) is 6.50.